The molecule has 20 heavy (non-hydrogen) atoms. The normalized spacial score (nSPS) is 10.1. The fraction of sp³-hybridized carbons (Fsp3) is 0.385. The SMILES string of the molecule is COCCNCC(=O)NCC(=O)Nc1cccc(F)c1. The molecule has 6 nitrogen and oxygen atoms in total. The van der Waals surface area contributed by atoms with Gasteiger partial charge in [-0.3, -0.25) is 9.59 Å². The molecule has 2 amide bonds. The van der Waals surface area contributed by atoms with Crippen molar-refractivity contribution in [3.8, 4) is 0 Å². The van der Waals surface area contributed by atoms with Crippen LogP contribution in [0.15, 0.2) is 24.3 Å². The Kier molecular flexibility index (Phi) is 7.23. The summed E-state index contributed by atoms with van der Waals surface area (Å²) in [6, 6.07) is 5.54. The number of hydrogen-bond donors (Lipinski definition) is 3. The minimum atomic E-state index is -0.436. The van der Waals surface area contributed by atoms with E-state index in [2.05, 4.69) is 16.0 Å². The zero-order valence-electron chi connectivity index (χ0n) is 11.2. The molecule has 0 unspecified atom stereocenters. The quantitative estimate of drug-likeness (QED) is 0.592. The van der Waals surface area contributed by atoms with Crippen LogP contribution in [0, 0.1) is 5.82 Å². The van der Waals surface area contributed by atoms with Crippen LogP contribution in [0.2, 0.25) is 0 Å². The Bertz CT molecular complexity index is 454. The average molecular weight is 283 g/mol. The van der Waals surface area contributed by atoms with E-state index in [9.17, 15) is 14.0 Å². The Labute approximate surface area is 116 Å². The Balaban J connectivity index is 2.21. The van der Waals surface area contributed by atoms with Crippen molar-refractivity contribution in [1.82, 2.24) is 10.6 Å². The predicted molar refractivity (Wildman–Crippen MR) is 72.8 cm³/mol. The minimum Gasteiger partial charge on any atom is -0.383 e. The van der Waals surface area contributed by atoms with Crippen LogP contribution in [0.1, 0.15) is 0 Å². The van der Waals surface area contributed by atoms with E-state index in [0.29, 0.717) is 18.8 Å². The summed E-state index contributed by atoms with van der Waals surface area (Å²) < 4.78 is 17.7. The van der Waals surface area contributed by atoms with Gasteiger partial charge < -0.3 is 20.7 Å². The lowest BCUT2D eigenvalue weighted by atomic mass is 10.3. The molecule has 0 heterocycles. The summed E-state index contributed by atoms with van der Waals surface area (Å²) in [6.45, 7) is 1.00. The third-order valence-corrected chi connectivity index (χ3v) is 2.32. The number of rotatable bonds is 8. The van der Waals surface area contributed by atoms with Crippen molar-refractivity contribution in [2.45, 2.75) is 0 Å². The number of methoxy groups -OCH3 is 1. The first-order chi connectivity index (χ1) is 9.61. The fourth-order valence-corrected chi connectivity index (χ4v) is 1.39. The van der Waals surface area contributed by atoms with Crippen LogP contribution in [-0.4, -0.2) is 45.2 Å². The molecule has 0 bridgehead atoms. The van der Waals surface area contributed by atoms with Crippen molar-refractivity contribution in [1.29, 1.82) is 0 Å². The van der Waals surface area contributed by atoms with Crippen LogP contribution < -0.4 is 16.0 Å². The molecule has 0 atom stereocenters. The van der Waals surface area contributed by atoms with Crippen molar-refractivity contribution in [2.24, 2.45) is 0 Å². The van der Waals surface area contributed by atoms with Crippen LogP contribution in [0.5, 0.6) is 0 Å². The van der Waals surface area contributed by atoms with Crippen LogP contribution in [0.25, 0.3) is 0 Å². The number of anilines is 1. The second kappa shape index (κ2) is 9.00. The van der Waals surface area contributed by atoms with Gasteiger partial charge in [0.25, 0.3) is 0 Å². The Hall–Kier alpha value is -1.99. The first-order valence-electron chi connectivity index (χ1n) is 6.13. The van der Waals surface area contributed by atoms with E-state index >= 15 is 0 Å². The number of carbonyl (C=O) groups excluding carboxylic acids is 2. The lowest BCUT2D eigenvalue weighted by molar-refractivity contribution is -0.123. The zero-order chi connectivity index (χ0) is 14.8. The first kappa shape index (κ1) is 16.1. The van der Waals surface area contributed by atoms with Crippen LogP contribution in [0.3, 0.4) is 0 Å². The highest BCUT2D eigenvalue weighted by Gasteiger charge is 2.06. The molecule has 7 heteroatoms. The molecular weight excluding hydrogens is 265 g/mol. The molecule has 0 saturated carbocycles. The Morgan fingerprint density at radius 2 is 2.05 bits per heavy atom. The molecule has 0 aliphatic rings. The number of halogens is 1. The molecule has 0 spiro atoms. The Morgan fingerprint density at radius 3 is 2.75 bits per heavy atom. The van der Waals surface area contributed by atoms with Gasteiger partial charge >= 0.3 is 0 Å². The highest BCUT2D eigenvalue weighted by atomic mass is 19.1. The number of carbonyl (C=O) groups is 2. The largest absolute Gasteiger partial charge is 0.383 e. The van der Waals surface area contributed by atoms with E-state index in [1.807, 2.05) is 0 Å². The van der Waals surface area contributed by atoms with Crippen molar-refractivity contribution < 1.29 is 18.7 Å². The van der Waals surface area contributed by atoms with Gasteiger partial charge in [-0.05, 0) is 18.2 Å². The number of benzene rings is 1. The third kappa shape index (κ3) is 6.81. The van der Waals surface area contributed by atoms with Crippen molar-refractivity contribution >= 4 is 17.5 Å². The van der Waals surface area contributed by atoms with Crippen LogP contribution in [-0.2, 0) is 14.3 Å². The van der Waals surface area contributed by atoms with E-state index in [0.717, 1.165) is 0 Å². The van der Waals surface area contributed by atoms with E-state index in [1.165, 1.54) is 18.2 Å². The van der Waals surface area contributed by atoms with Crippen LogP contribution >= 0.6 is 0 Å². The molecule has 1 aromatic carbocycles. The summed E-state index contributed by atoms with van der Waals surface area (Å²) in [5, 5.41) is 7.78. The van der Waals surface area contributed by atoms with Gasteiger partial charge in [0.2, 0.25) is 11.8 Å². The summed E-state index contributed by atoms with van der Waals surface area (Å²) in [5.41, 5.74) is 0.350. The second-order valence-electron chi connectivity index (χ2n) is 4.00. The second-order valence-corrected chi connectivity index (χ2v) is 4.00. The summed E-state index contributed by atoms with van der Waals surface area (Å²) in [7, 11) is 1.57. The van der Waals surface area contributed by atoms with Gasteiger partial charge in [0.15, 0.2) is 0 Å². The number of ether oxygens (including phenoxy) is 1. The standard InChI is InChI=1S/C13H18FN3O3/c1-20-6-5-15-8-12(18)16-9-13(19)17-11-4-2-3-10(14)7-11/h2-4,7,15H,5-6,8-9H2,1H3,(H,16,18)(H,17,19). The number of amides is 2. The van der Waals surface area contributed by atoms with Gasteiger partial charge in [0.1, 0.15) is 5.82 Å². The number of nitrogens with one attached hydrogen (secondary N) is 3. The minimum absolute atomic E-state index is 0.108. The van der Waals surface area contributed by atoms with Gasteiger partial charge in [0.05, 0.1) is 19.7 Å². The maximum absolute atomic E-state index is 12.9. The van der Waals surface area contributed by atoms with Crippen LogP contribution in [0.4, 0.5) is 10.1 Å². The lowest BCUT2D eigenvalue weighted by Gasteiger charge is -2.07. The smallest absolute Gasteiger partial charge is 0.243 e. The molecule has 0 saturated heterocycles. The molecule has 0 aliphatic carbocycles. The molecule has 110 valence electrons. The molecule has 0 aliphatic heterocycles. The molecule has 3 N–H and O–H groups in total. The summed E-state index contributed by atoms with van der Waals surface area (Å²) in [4.78, 5) is 22.9. The highest BCUT2D eigenvalue weighted by Crippen LogP contribution is 2.08. The summed E-state index contributed by atoms with van der Waals surface area (Å²) in [5.74, 6) is -1.15. The van der Waals surface area contributed by atoms with Crippen molar-refractivity contribution in [3.63, 3.8) is 0 Å². The Morgan fingerprint density at radius 1 is 1.25 bits per heavy atom. The summed E-state index contributed by atoms with van der Waals surface area (Å²) in [6.07, 6.45) is 0. The molecule has 1 rings (SSSR count). The number of hydrogen-bond acceptors (Lipinski definition) is 4. The summed E-state index contributed by atoms with van der Waals surface area (Å²) >= 11 is 0. The van der Waals surface area contributed by atoms with E-state index < -0.39 is 11.7 Å². The zero-order valence-corrected chi connectivity index (χ0v) is 11.2. The topological polar surface area (TPSA) is 79.5 Å². The van der Waals surface area contributed by atoms with E-state index in [4.69, 9.17) is 4.74 Å². The first-order valence-corrected chi connectivity index (χ1v) is 6.13. The predicted octanol–water partition coefficient (Wildman–Crippen LogP) is 0.116. The van der Waals surface area contributed by atoms with Crippen molar-refractivity contribution in [2.75, 3.05) is 38.7 Å². The molecule has 1 aromatic rings. The fourth-order valence-electron chi connectivity index (χ4n) is 1.39. The maximum atomic E-state index is 12.9. The third-order valence-electron chi connectivity index (χ3n) is 2.32. The monoisotopic (exact) mass is 283 g/mol. The van der Waals surface area contributed by atoms with E-state index in [1.54, 1.807) is 13.2 Å². The van der Waals surface area contributed by atoms with E-state index in [-0.39, 0.29) is 19.0 Å². The molecule has 0 fully saturated rings. The highest BCUT2D eigenvalue weighted by molar-refractivity contribution is 5.94. The van der Waals surface area contributed by atoms with Gasteiger partial charge in [-0.25, -0.2) is 4.39 Å². The molecular formula is C13H18FN3O3. The van der Waals surface area contributed by atoms with Crippen molar-refractivity contribution in [3.05, 3.63) is 30.1 Å². The molecule has 0 radical (unpaired) electrons. The maximum Gasteiger partial charge on any atom is 0.243 e. The van der Waals surface area contributed by atoms with Gasteiger partial charge in [0, 0.05) is 19.3 Å². The lowest BCUT2D eigenvalue weighted by Crippen LogP contribution is -2.39. The van der Waals surface area contributed by atoms with Gasteiger partial charge in [-0.2, -0.15) is 0 Å². The van der Waals surface area contributed by atoms with Gasteiger partial charge in [-0.15, -0.1) is 0 Å². The molecule has 0 aromatic heterocycles. The van der Waals surface area contributed by atoms with Gasteiger partial charge in [-0.1, -0.05) is 6.07 Å². The average Bonchev–Trinajstić information content (AvgIpc) is 2.41.